The summed E-state index contributed by atoms with van der Waals surface area (Å²) in [7, 11) is 0. The average molecular weight is 287 g/mol. The van der Waals surface area contributed by atoms with Gasteiger partial charge in [0.15, 0.2) is 0 Å². The molecule has 0 heterocycles. The number of hydrogen-bond donors (Lipinski definition) is 2. The number of benzene rings is 1. The fourth-order valence-corrected chi connectivity index (χ4v) is 2.02. The van der Waals surface area contributed by atoms with Crippen LogP contribution in [0.2, 0.25) is 0 Å². The molecule has 0 radical (unpaired) electrons. The maximum Gasteiger partial charge on any atom is 0.0850 e. The summed E-state index contributed by atoms with van der Waals surface area (Å²) < 4.78 is 0.968. The lowest BCUT2D eigenvalue weighted by atomic mass is 9.84. The maximum absolute atomic E-state index is 9.96. The zero-order valence-corrected chi connectivity index (χ0v) is 11.5. The fraction of sp³-hybridized carbons (Fsp3) is 0.538. The van der Waals surface area contributed by atoms with Gasteiger partial charge in [0.05, 0.1) is 12.2 Å². The Morgan fingerprint density at radius 3 is 2.25 bits per heavy atom. The van der Waals surface area contributed by atoms with Gasteiger partial charge in [-0.25, -0.2) is 0 Å². The number of aliphatic hydroxyl groups is 2. The van der Waals surface area contributed by atoms with Crippen molar-refractivity contribution < 1.29 is 10.2 Å². The van der Waals surface area contributed by atoms with Crippen molar-refractivity contribution in [2.75, 3.05) is 0 Å². The Bertz CT molecular complexity index is 344. The third-order valence-electron chi connectivity index (χ3n) is 2.64. The number of aliphatic hydroxyl groups excluding tert-OH is 2. The van der Waals surface area contributed by atoms with Crippen molar-refractivity contribution >= 4 is 15.9 Å². The van der Waals surface area contributed by atoms with E-state index in [-0.39, 0.29) is 5.41 Å². The van der Waals surface area contributed by atoms with Gasteiger partial charge in [0, 0.05) is 10.9 Å². The lowest BCUT2D eigenvalue weighted by molar-refractivity contribution is -0.0434. The summed E-state index contributed by atoms with van der Waals surface area (Å²) in [5, 5.41) is 19.9. The summed E-state index contributed by atoms with van der Waals surface area (Å²) in [5.41, 5.74) is 0.707. The lowest BCUT2D eigenvalue weighted by Crippen LogP contribution is -2.38. The van der Waals surface area contributed by atoms with Gasteiger partial charge in [-0.2, -0.15) is 0 Å². The van der Waals surface area contributed by atoms with Crippen molar-refractivity contribution in [1.82, 2.24) is 0 Å². The smallest absolute Gasteiger partial charge is 0.0850 e. The molecule has 0 aliphatic rings. The van der Waals surface area contributed by atoms with Crippen LogP contribution in [0.25, 0.3) is 0 Å². The Morgan fingerprint density at radius 2 is 1.75 bits per heavy atom. The van der Waals surface area contributed by atoms with Gasteiger partial charge >= 0.3 is 0 Å². The van der Waals surface area contributed by atoms with Gasteiger partial charge in [0.1, 0.15) is 0 Å². The first-order valence-electron chi connectivity index (χ1n) is 5.42. The van der Waals surface area contributed by atoms with E-state index in [9.17, 15) is 10.2 Å². The first kappa shape index (κ1) is 13.7. The molecular weight excluding hydrogens is 268 g/mol. The number of halogens is 1. The molecule has 90 valence electrons. The third-order valence-corrected chi connectivity index (χ3v) is 3.41. The maximum atomic E-state index is 9.96. The molecule has 16 heavy (non-hydrogen) atoms. The summed E-state index contributed by atoms with van der Waals surface area (Å²) in [4.78, 5) is 0. The Balaban J connectivity index is 2.72. The second-order valence-electron chi connectivity index (χ2n) is 5.17. The normalized spacial score (nSPS) is 15.9. The third kappa shape index (κ3) is 3.58. The fourth-order valence-electron chi connectivity index (χ4n) is 1.58. The molecule has 2 nitrogen and oxygen atoms in total. The Labute approximate surface area is 105 Å². The van der Waals surface area contributed by atoms with E-state index in [4.69, 9.17) is 0 Å². The van der Waals surface area contributed by atoms with E-state index in [1.165, 1.54) is 0 Å². The van der Waals surface area contributed by atoms with Crippen molar-refractivity contribution in [2.45, 2.75) is 39.4 Å². The second kappa shape index (κ2) is 5.30. The van der Waals surface area contributed by atoms with Crippen LogP contribution < -0.4 is 0 Å². The molecule has 0 fully saturated rings. The average Bonchev–Trinajstić information content (AvgIpc) is 2.19. The van der Waals surface area contributed by atoms with Crippen molar-refractivity contribution in [1.29, 1.82) is 0 Å². The van der Waals surface area contributed by atoms with Crippen molar-refractivity contribution in [3.05, 3.63) is 34.3 Å². The minimum absolute atomic E-state index is 0.305. The second-order valence-corrected chi connectivity index (χ2v) is 6.03. The van der Waals surface area contributed by atoms with Crippen LogP contribution in [0.15, 0.2) is 28.7 Å². The highest BCUT2D eigenvalue weighted by Gasteiger charge is 2.29. The van der Waals surface area contributed by atoms with Crippen molar-refractivity contribution in [2.24, 2.45) is 5.41 Å². The van der Waals surface area contributed by atoms with Crippen LogP contribution in [-0.4, -0.2) is 22.4 Å². The topological polar surface area (TPSA) is 40.5 Å². The molecule has 0 spiro atoms. The quantitative estimate of drug-likeness (QED) is 0.897. The molecule has 3 heteroatoms. The van der Waals surface area contributed by atoms with Crippen LogP contribution in [-0.2, 0) is 6.42 Å². The highest BCUT2D eigenvalue weighted by atomic mass is 79.9. The van der Waals surface area contributed by atoms with E-state index in [2.05, 4.69) is 15.9 Å². The highest BCUT2D eigenvalue weighted by molar-refractivity contribution is 9.10. The summed E-state index contributed by atoms with van der Waals surface area (Å²) >= 11 is 3.43. The van der Waals surface area contributed by atoms with Gasteiger partial charge in [-0.3, -0.25) is 0 Å². The molecule has 0 aliphatic heterocycles. The minimum atomic E-state index is -0.737. The van der Waals surface area contributed by atoms with Gasteiger partial charge in [-0.05, 0) is 17.0 Å². The van der Waals surface area contributed by atoms with Crippen LogP contribution in [0.4, 0.5) is 0 Å². The molecule has 1 aromatic rings. The lowest BCUT2D eigenvalue weighted by Gasteiger charge is -2.30. The minimum Gasteiger partial charge on any atom is -0.390 e. The molecule has 2 atom stereocenters. The van der Waals surface area contributed by atoms with E-state index in [1.54, 1.807) is 0 Å². The Hall–Kier alpha value is -0.380. The van der Waals surface area contributed by atoms with Gasteiger partial charge in [0.25, 0.3) is 0 Å². The summed E-state index contributed by atoms with van der Waals surface area (Å²) in [6, 6.07) is 7.74. The Morgan fingerprint density at radius 1 is 1.19 bits per heavy atom. The van der Waals surface area contributed by atoms with E-state index in [1.807, 2.05) is 45.0 Å². The Kier molecular flexibility index (Phi) is 4.53. The van der Waals surface area contributed by atoms with E-state index in [0.717, 1.165) is 10.0 Å². The molecule has 0 bridgehead atoms. The van der Waals surface area contributed by atoms with E-state index < -0.39 is 12.2 Å². The monoisotopic (exact) mass is 286 g/mol. The van der Waals surface area contributed by atoms with Crippen LogP contribution in [0.3, 0.4) is 0 Å². The van der Waals surface area contributed by atoms with Gasteiger partial charge < -0.3 is 10.2 Å². The highest BCUT2D eigenvalue weighted by Crippen LogP contribution is 2.25. The predicted octanol–water partition coefficient (Wildman–Crippen LogP) is 2.76. The first-order chi connectivity index (χ1) is 7.32. The molecule has 2 N–H and O–H groups in total. The van der Waals surface area contributed by atoms with Crippen molar-refractivity contribution in [3.8, 4) is 0 Å². The summed E-state index contributed by atoms with van der Waals surface area (Å²) in [5.74, 6) is 0. The zero-order valence-electron chi connectivity index (χ0n) is 9.94. The molecule has 0 amide bonds. The summed E-state index contributed by atoms with van der Waals surface area (Å²) in [6.07, 6.45) is -1.00. The number of rotatable bonds is 3. The molecular formula is C13H19BrO2. The van der Waals surface area contributed by atoms with Gasteiger partial charge in [-0.15, -0.1) is 0 Å². The molecule has 0 aliphatic carbocycles. The summed E-state index contributed by atoms with van der Waals surface area (Å²) in [6.45, 7) is 5.75. The molecule has 1 aromatic carbocycles. The zero-order chi connectivity index (χ0) is 12.3. The van der Waals surface area contributed by atoms with E-state index in [0.29, 0.717) is 6.42 Å². The van der Waals surface area contributed by atoms with Crippen LogP contribution in [0, 0.1) is 5.41 Å². The molecule has 1 rings (SSSR count). The molecule has 0 saturated heterocycles. The SMILES string of the molecule is CC(C)(C)C(O)C(O)Cc1ccccc1Br. The standard InChI is InChI=1S/C13H19BrO2/c1-13(2,3)12(16)11(15)8-9-6-4-5-7-10(9)14/h4-7,11-12,15-16H,8H2,1-3H3. The number of hydrogen-bond acceptors (Lipinski definition) is 2. The van der Waals surface area contributed by atoms with Gasteiger partial charge in [-0.1, -0.05) is 54.9 Å². The van der Waals surface area contributed by atoms with Crippen LogP contribution in [0.5, 0.6) is 0 Å². The largest absolute Gasteiger partial charge is 0.390 e. The molecule has 0 saturated carbocycles. The van der Waals surface area contributed by atoms with Crippen LogP contribution >= 0.6 is 15.9 Å². The predicted molar refractivity (Wildman–Crippen MR) is 69.3 cm³/mol. The van der Waals surface area contributed by atoms with Crippen LogP contribution in [0.1, 0.15) is 26.3 Å². The molecule has 0 aromatic heterocycles. The van der Waals surface area contributed by atoms with Gasteiger partial charge in [0.2, 0.25) is 0 Å². The van der Waals surface area contributed by atoms with Crippen molar-refractivity contribution in [3.63, 3.8) is 0 Å². The van der Waals surface area contributed by atoms with E-state index >= 15 is 0 Å². The molecule has 2 unspecified atom stereocenters. The first-order valence-corrected chi connectivity index (χ1v) is 6.21.